The molecule has 0 heterocycles. The molecule has 0 radical (unpaired) electrons. The maximum absolute atomic E-state index is 10.4. The predicted molar refractivity (Wildman–Crippen MR) is 68.5 cm³/mol. The lowest BCUT2D eigenvalue weighted by atomic mass is 9.98. The Balaban J connectivity index is 3.60. The van der Waals surface area contributed by atoms with Crippen LogP contribution < -0.4 is 0 Å². The molecule has 16 heavy (non-hydrogen) atoms. The van der Waals surface area contributed by atoms with E-state index in [0.29, 0.717) is 6.42 Å². The van der Waals surface area contributed by atoms with Crippen LogP contribution in [0.2, 0.25) is 0 Å². The van der Waals surface area contributed by atoms with Crippen LogP contribution in [0, 0.1) is 5.92 Å². The molecule has 1 N–H and O–H groups in total. The van der Waals surface area contributed by atoms with E-state index < -0.39 is 5.97 Å². The van der Waals surface area contributed by atoms with Gasteiger partial charge in [0, 0.05) is 6.42 Å². The maximum Gasteiger partial charge on any atom is 0.303 e. The van der Waals surface area contributed by atoms with E-state index in [9.17, 15) is 4.79 Å². The highest BCUT2D eigenvalue weighted by Gasteiger charge is 2.01. The minimum Gasteiger partial charge on any atom is -0.481 e. The first kappa shape index (κ1) is 15.2. The summed E-state index contributed by atoms with van der Waals surface area (Å²) >= 11 is 0. The normalized spacial score (nSPS) is 13.8. The summed E-state index contributed by atoms with van der Waals surface area (Å²) in [6.07, 6.45) is 9.39. The molecule has 2 nitrogen and oxygen atoms in total. The fraction of sp³-hybridized carbons (Fsp3) is 0.786. The van der Waals surface area contributed by atoms with Gasteiger partial charge in [0.2, 0.25) is 0 Å². The summed E-state index contributed by atoms with van der Waals surface area (Å²) < 4.78 is 0. The first-order chi connectivity index (χ1) is 7.56. The highest BCUT2D eigenvalue weighted by atomic mass is 16.4. The van der Waals surface area contributed by atoms with Crippen LogP contribution in [0.1, 0.15) is 65.7 Å². The Bertz CT molecular complexity index is 219. The van der Waals surface area contributed by atoms with Crippen molar-refractivity contribution in [2.75, 3.05) is 0 Å². The van der Waals surface area contributed by atoms with E-state index in [1.807, 2.05) is 6.92 Å². The molecule has 0 aliphatic carbocycles. The molecular formula is C14H26O2. The van der Waals surface area contributed by atoms with Crippen molar-refractivity contribution in [3.8, 4) is 0 Å². The number of unbranched alkanes of at least 4 members (excludes halogenated alkanes) is 1. The quantitative estimate of drug-likeness (QED) is 0.591. The molecule has 0 fully saturated rings. The molecule has 0 bridgehead atoms. The second-order valence-corrected chi connectivity index (χ2v) is 4.77. The van der Waals surface area contributed by atoms with Gasteiger partial charge in [-0.25, -0.2) is 0 Å². The van der Waals surface area contributed by atoms with Gasteiger partial charge in [0.1, 0.15) is 0 Å². The van der Waals surface area contributed by atoms with E-state index in [4.69, 9.17) is 5.11 Å². The zero-order valence-corrected chi connectivity index (χ0v) is 11.0. The molecule has 1 unspecified atom stereocenters. The van der Waals surface area contributed by atoms with Crippen LogP contribution in [-0.4, -0.2) is 11.1 Å². The van der Waals surface area contributed by atoms with Crippen molar-refractivity contribution in [2.24, 2.45) is 5.92 Å². The summed E-state index contributed by atoms with van der Waals surface area (Å²) in [6, 6.07) is 0. The lowest BCUT2D eigenvalue weighted by Gasteiger charge is -2.08. The fourth-order valence-corrected chi connectivity index (χ4v) is 1.72. The molecule has 0 aromatic rings. The van der Waals surface area contributed by atoms with Gasteiger partial charge in [-0.2, -0.15) is 0 Å². The zero-order chi connectivity index (χ0) is 12.4. The van der Waals surface area contributed by atoms with E-state index in [1.165, 1.54) is 31.3 Å². The largest absolute Gasteiger partial charge is 0.481 e. The Labute approximate surface area is 99.7 Å². The number of hydrogen-bond donors (Lipinski definition) is 1. The van der Waals surface area contributed by atoms with Crippen molar-refractivity contribution in [1.82, 2.24) is 0 Å². The third-order valence-electron chi connectivity index (χ3n) is 2.94. The molecule has 0 amide bonds. The van der Waals surface area contributed by atoms with Crippen LogP contribution in [0.4, 0.5) is 0 Å². The molecule has 0 rings (SSSR count). The van der Waals surface area contributed by atoms with E-state index in [2.05, 4.69) is 19.9 Å². The van der Waals surface area contributed by atoms with Crippen LogP contribution in [0.5, 0.6) is 0 Å². The fourth-order valence-electron chi connectivity index (χ4n) is 1.72. The number of allylic oxidation sites excluding steroid dienone is 2. The minimum atomic E-state index is -0.705. The Morgan fingerprint density at radius 3 is 2.56 bits per heavy atom. The molecule has 94 valence electrons. The van der Waals surface area contributed by atoms with Crippen LogP contribution in [0.25, 0.3) is 0 Å². The van der Waals surface area contributed by atoms with Crippen LogP contribution >= 0.6 is 0 Å². The van der Waals surface area contributed by atoms with Crippen molar-refractivity contribution in [2.45, 2.75) is 65.7 Å². The summed E-state index contributed by atoms with van der Waals surface area (Å²) in [5, 5.41) is 8.55. The van der Waals surface area contributed by atoms with Crippen molar-refractivity contribution in [1.29, 1.82) is 0 Å². The smallest absolute Gasteiger partial charge is 0.303 e. The number of hydrogen-bond acceptors (Lipinski definition) is 1. The lowest BCUT2D eigenvalue weighted by Crippen LogP contribution is -1.95. The monoisotopic (exact) mass is 226 g/mol. The molecular weight excluding hydrogens is 200 g/mol. The van der Waals surface area contributed by atoms with Crippen LogP contribution in [0.3, 0.4) is 0 Å². The van der Waals surface area contributed by atoms with Gasteiger partial charge in [0.25, 0.3) is 0 Å². The van der Waals surface area contributed by atoms with E-state index in [-0.39, 0.29) is 6.42 Å². The van der Waals surface area contributed by atoms with Crippen molar-refractivity contribution >= 4 is 5.97 Å². The van der Waals surface area contributed by atoms with Gasteiger partial charge < -0.3 is 5.11 Å². The predicted octanol–water partition coefficient (Wildman–Crippen LogP) is 4.40. The Morgan fingerprint density at radius 1 is 1.31 bits per heavy atom. The maximum atomic E-state index is 10.4. The summed E-state index contributed by atoms with van der Waals surface area (Å²) in [4.78, 5) is 10.4. The van der Waals surface area contributed by atoms with Gasteiger partial charge in [0.15, 0.2) is 0 Å². The van der Waals surface area contributed by atoms with E-state index in [0.717, 1.165) is 12.3 Å². The molecule has 0 aromatic carbocycles. The summed E-state index contributed by atoms with van der Waals surface area (Å²) in [7, 11) is 0. The molecule has 2 heteroatoms. The minimum absolute atomic E-state index is 0.258. The average Bonchev–Trinajstić information content (AvgIpc) is 2.23. The molecule has 0 saturated carbocycles. The molecule has 0 aliphatic heterocycles. The third kappa shape index (κ3) is 9.75. The molecule has 0 saturated heterocycles. The molecule has 0 spiro atoms. The standard InChI is InChI=1S/C14H26O2/c1-4-5-7-12(2)8-6-9-13(3)10-11-14(15)16/h9,12H,4-8,10-11H2,1-3H3,(H,15,16). The Kier molecular flexibility index (Phi) is 8.97. The van der Waals surface area contributed by atoms with Crippen molar-refractivity contribution in [3.05, 3.63) is 11.6 Å². The summed E-state index contributed by atoms with van der Waals surface area (Å²) in [5.41, 5.74) is 1.21. The molecule has 0 aromatic heterocycles. The van der Waals surface area contributed by atoms with Gasteiger partial charge in [-0.3, -0.25) is 4.79 Å². The first-order valence-electron chi connectivity index (χ1n) is 6.43. The molecule has 0 aliphatic rings. The SMILES string of the molecule is CCCCC(C)CCC=C(C)CCC(=O)O. The van der Waals surface area contributed by atoms with Crippen LogP contribution in [-0.2, 0) is 4.79 Å². The zero-order valence-electron chi connectivity index (χ0n) is 11.0. The number of carbonyl (C=O) groups is 1. The van der Waals surface area contributed by atoms with E-state index >= 15 is 0 Å². The highest BCUT2D eigenvalue weighted by Crippen LogP contribution is 2.15. The van der Waals surface area contributed by atoms with Gasteiger partial charge in [-0.15, -0.1) is 0 Å². The highest BCUT2D eigenvalue weighted by molar-refractivity contribution is 5.66. The van der Waals surface area contributed by atoms with E-state index in [1.54, 1.807) is 0 Å². The average molecular weight is 226 g/mol. The lowest BCUT2D eigenvalue weighted by molar-refractivity contribution is -0.136. The van der Waals surface area contributed by atoms with Gasteiger partial charge >= 0.3 is 5.97 Å². The Morgan fingerprint density at radius 2 is 2.00 bits per heavy atom. The number of aliphatic carboxylic acids is 1. The van der Waals surface area contributed by atoms with Crippen molar-refractivity contribution < 1.29 is 9.90 Å². The molecule has 1 atom stereocenters. The van der Waals surface area contributed by atoms with Gasteiger partial charge in [-0.1, -0.05) is 44.8 Å². The number of rotatable bonds is 9. The summed E-state index contributed by atoms with van der Waals surface area (Å²) in [6.45, 7) is 6.55. The number of carboxylic acid groups (broad SMARTS) is 1. The third-order valence-corrected chi connectivity index (χ3v) is 2.94. The Hall–Kier alpha value is -0.790. The topological polar surface area (TPSA) is 37.3 Å². The van der Waals surface area contributed by atoms with Gasteiger partial charge in [-0.05, 0) is 32.1 Å². The van der Waals surface area contributed by atoms with Crippen molar-refractivity contribution in [3.63, 3.8) is 0 Å². The summed E-state index contributed by atoms with van der Waals surface area (Å²) in [5.74, 6) is 0.0903. The second kappa shape index (κ2) is 9.44. The second-order valence-electron chi connectivity index (χ2n) is 4.77. The van der Waals surface area contributed by atoms with Gasteiger partial charge in [0.05, 0.1) is 0 Å². The van der Waals surface area contributed by atoms with Crippen LogP contribution in [0.15, 0.2) is 11.6 Å². The first-order valence-corrected chi connectivity index (χ1v) is 6.43. The number of carboxylic acids is 1.